The molecule has 0 spiro atoms. The van der Waals surface area contributed by atoms with Gasteiger partial charge in [0.25, 0.3) is 0 Å². The first-order chi connectivity index (χ1) is 9.83. The van der Waals surface area contributed by atoms with Gasteiger partial charge in [0.2, 0.25) is 5.88 Å². The van der Waals surface area contributed by atoms with E-state index in [1.54, 1.807) is 13.3 Å². The van der Waals surface area contributed by atoms with Crippen molar-refractivity contribution in [1.82, 2.24) is 4.98 Å². The van der Waals surface area contributed by atoms with Crippen LogP contribution in [0.3, 0.4) is 0 Å². The molecule has 0 fully saturated rings. The van der Waals surface area contributed by atoms with E-state index in [4.69, 9.17) is 9.47 Å². The summed E-state index contributed by atoms with van der Waals surface area (Å²) in [7, 11) is 1.61. The van der Waals surface area contributed by atoms with Crippen LogP contribution in [0.1, 0.15) is 18.9 Å². The molecule has 0 bridgehead atoms. The molecule has 0 aliphatic rings. The summed E-state index contributed by atoms with van der Waals surface area (Å²) in [5.41, 5.74) is 2.09. The topological polar surface area (TPSA) is 43.4 Å². The van der Waals surface area contributed by atoms with Crippen molar-refractivity contribution < 1.29 is 9.47 Å². The van der Waals surface area contributed by atoms with Crippen molar-refractivity contribution in [3.8, 4) is 11.6 Å². The van der Waals surface area contributed by atoms with Gasteiger partial charge in [-0.05, 0) is 24.1 Å². The van der Waals surface area contributed by atoms with Gasteiger partial charge in [-0.15, -0.1) is 0 Å². The van der Waals surface area contributed by atoms with E-state index in [-0.39, 0.29) is 0 Å². The number of nitrogens with zero attached hydrogens (tertiary/aromatic N) is 1. The van der Waals surface area contributed by atoms with Crippen LogP contribution in [0.5, 0.6) is 11.6 Å². The molecule has 1 aromatic heterocycles. The summed E-state index contributed by atoms with van der Waals surface area (Å²) in [6, 6.07) is 11.8. The van der Waals surface area contributed by atoms with Gasteiger partial charge < -0.3 is 14.8 Å². The highest BCUT2D eigenvalue weighted by Crippen LogP contribution is 2.24. The van der Waals surface area contributed by atoms with E-state index in [1.807, 2.05) is 36.4 Å². The zero-order valence-corrected chi connectivity index (χ0v) is 11.9. The summed E-state index contributed by atoms with van der Waals surface area (Å²) in [4.78, 5) is 4.19. The molecule has 0 saturated carbocycles. The molecule has 1 aromatic carbocycles. The fourth-order valence-corrected chi connectivity index (χ4v) is 1.78. The van der Waals surface area contributed by atoms with Crippen LogP contribution in [0.25, 0.3) is 0 Å². The average Bonchev–Trinajstić information content (AvgIpc) is 2.52. The van der Waals surface area contributed by atoms with Crippen molar-refractivity contribution in [3.05, 3.63) is 48.2 Å². The minimum Gasteiger partial charge on any atom is -0.491 e. The molecule has 0 atom stereocenters. The summed E-state index contributed by atoms with van der Waals surface area (Å²) in [5, 5.41) is 3.37. The third-order valence-corrected chi connectivity index (χ3v) is 2.84. The zero-order chi connectivity index (χ0) is 14.2. The molecule has 0 aliphatic carbocycles. The Morgan fingerprint density at radius 2 is 2.00 bits per heavy atom. The standard InChI is InChI=1S/C16H20N2O2/c1-3-10-20-15-7-5-4-6-14(15)17-11-13-8-9-16(19-2)18-12-13/h4-9,12,17H,3,10-11H2,1-2H3. The summed E-state index contributed by atoms with van der Waals surface area (Å²) < 4.78 is 10.8. The lowest BCUT2D eigenvalue weighted by Gasteiger charge is -2.12. The fraction of sp³-hybridized carbons (Fsp3) is 0.312. The number of para-hydroxylation sites is 2. The third-order valence-electron chi connectivity index (χ3n) is 2.84. The Labute approximate surface area is 119 Å². The number of hydrogen-bond donors (Lipinski definition) is 1. The first-order valence-corrected chi connectivity index (χ1v) is 6.78. The predicted molar refractivity (Wildman–Crippen MR) is 80.3 cm³/mol. The zero-order valence-electron chi connectivity index (χ0n) is 11.9. The molecule has 4 heteroatoms. The number of pyridine rings is 1. The van der Waals surface area contributed by atoms with E-state index in [0.717, 1.165) is 30.0 Å². The van der Waals surface area contributed by atoms with Gasteiger partial charge in [0, 0.05) is 18.8 Å². The second-order valence-corrected chi connectivity index (χ2v) is 4.41. The minimum absolute atomic E-state index is 0.625. The highest BCUT2D eigenvalue weighted by atomic mass is 16.5. The maximum Gasteiger partial charge on any atom is 0.212 e. The molecule has 1 heterocycles. The smallest absolute Gasteiger partial charge is 0.212 e. The normalized spacial score (nSPS) is 10.1. The molecular weight excluding hydrogens is 252 g/mol. The molecule has 2 rings (SSSR count). The summed E-state index contributed by atoms with van der Waals surface area (Å²) in [6.45, 7) is 3.52. The molecular formula is C16H20N2O2. The van der Waals surface area contributed by atoms with E-state index in [1.165, 1.54) is 0 Å². The Balaban J connectivity index is 1.98. The number of hydrogen-bond acceptors (Lipinski definition) is 4. The largest absolute Gasteiger partial charge is 0.491 e. The summed E-state index contributed by atoms with van der Waals surface area (Å²) in [6.07, 6.45) is 2.80. The lowest BCUT2D eigenvalue weighted by Crippen LogP contribution is -2.03. The van der Waals surface area contributed by atoms with Gasteiger partial charge in [0.15, 0.2) is 0 Å². The lowest BCUT2D eigenvalue weighted by atomic mass is 10.2. The molecule has 4 nitrogen and oxygen atoms in total. The van der Waals surface area contributed by atoms with Crippen molar-refractivity contribution in [2.24, 2.45) is 0 Å². The summed E-state index contributed by atoms with van der Waals surface area (Å²) >= 11 is 0. The van der Waals surface area contributed by atoms with Crippen LogP contribution in [0, 0.1) is 0 Å². The highest BCUT2D eigenvalue weighted by Gasteiger charge is 2.02. The lowest BCUT2D eigenvalue weighted by molar-refractivity contribution is 0.319. The van der Waals surface area contributed by atoms with Crippen LogP contribution in [-0.2, 0) is 6.54 Å². The first kappa shape index (κ1) is 14.2. The SMILES string of the molecule is CCCOc1ccccc1NCc1ccc(OC)nc1. The van der Waals surface area contributed by atoms with Crippen LogP contribution < -0.4 is 14.8 Å². The highest BCUT2D eigenvalue weighted by molar-refractivity contribution is 5.56. The Morgan fingerprint density at radius 1 is 1.15 bits per heavy atom. The van der Waals surface area contributed by atoms with Gasteiger partial charge in [-0.2, -0.15) is 0 Å². The predicted octanol–water partition coefficient (Wildman–Crippen LogP) is 3.49. The van der Waals surface area contributed by atoms with E-state index in [2.05, 4.69) is 17.2 Å². The van der Waals surface area contributed by atoms with E-state index in [0.29, 0.717) is 12.4 Å². The monoisotopic (exact) mass is 272 g/mol. The van der Waals surface area contributed by atoms with Crippen molar-refractivity contribution in [1.29, 1.82) is 0 Å². The summed E-state index contributed by atoms with van der Waals surface area (Å²) in [5.74, 6) is 1.51. The molecule has 0 unspecified atom stereocenters. The minimum atomic E-state index is 0.625. The molecule has 1 N–H and O–H groups in total. The van der Waals surface area contributed by atoms with Crippen molar-refractivity contribution >= 4 is 5.69 Å². The number of anilines is 1. The molecule has 2 aromatic rings. The van der Waals surface area contributed by atoms with Gasteiger partial charge in [-0.1, -0.05) is 25.1 Å². The van der Waals surface area contributed by atoms with E-state index >= 15 is 0 Å². The molecule has 0 amide bonds. The Morgan fingerprint density at radius 3 is 2.70 bits per heavy atom. The Bertz CT molecular complexity index is 526. The van der Waals surface area contributed by atoms with Gasteiger partial charge >= 0.3 is 0 Å². The number of rotatable bonds is 7. The molecule has 0 aliphatic heterocycles. The second-order valence-electron chi connectivity index (χ2n) is 4.41. The van der Waals surface area contributed by atoms with Crippen molar-refractivity contribution in [2.75, 3.05) is 19.0 Å². The Kier molecular flexibility index (Phi) is 5.24. The van der Waals surface area contributed by atoms with Crippen LogP contribution in [0.2, 0.25) is 0 Å². The van der Waals surface area contributed by atoms with Crippen molar-refractivity contribution in [2.45, 2.75) is 19.9 Å². The maximum absolute atomic E-state index is 5.71. The molecule has 20 heavy (non-hydrogen) atoms. The van der Waals surface area contributed by atoms with Gasteiger partial charge in [0.05, 0.1) is 19.4 Å². The molecule has 0 radical (unpaired) electrons. The van der Waals surface area contributed by atoms with Gasteiger partial charge in [-0.25, -0.2) is 4.98 Å². The van der Waals surface area contributed by atoms with Crippen LogP contribution >= 0.6 is 0 Å². The number of nitrogens with one attached hydrogen (secondary N) is 1. The number of ether oxygens (including phenoxy) is 2. The van der Waals surface area contributed by atoms with E-state index in [9.17, 15) is 0 Å². The molecule has 106 valence electrons. The number of methoxy groups -OCH3 is 1. The third kappa shape index (κ3) is 3.88. The van der Waals surface area contributed by atoms with Crippen LogP contribution in [-0.4, -0.2) is 18.7 Å². The van der Waals surface area contributed by atoms with E-state index < -0.39 is 0 Å². The maximum atomic E-state index is 5.71. The Hall–Kier alpha value is -2.23. The quantitative estimate of drug-likeness (QED) is 0.838. The average molecular weight is 272 g/mol. The number of benzene rings is 1. The number of aromatic nitrogens is 1. The second kappa shape index (κ2) is 7.38. The van der Waals surface area contributed by atoms with Crippen LogP contribution in [0.4, 0.5) is 5.69 Å². The fourth-order valence-electron chi connectivity index (χ4n) is 1.78. The van der Waals surface area contributed by atoms with Crippen molar-refractivity contribution in [3.63, 3.8) is 0 Å². The first-order valence-electron chi connectivity index (χ1n) is 6.78. The van der Waals surface area contributed by atoms with Gasteiger partial charge in [-0.3, -0.25) is 0 Å². The van der Waals surface area contributed by atoms with Crippen LogP contribution in [0.15, 0.2) is 42.6 Å². The van der Waals surface area contributed by atoms with Gasteiger partial charge in [0.1, 0.15) is 5.75 Å². The molecule has 0 saturated heterocycles.